The molecule has 0 spiro atoms. The van der Waals surface area contributed by atoms with Crippen molar-refractivity contribution in [3.05, 3.63) is 11.6 Å². The van der Waals surface area contributed by atoms with Gasteiger partial charge in [0.05, 0.1) is 0 Å². The Morgan fingerprint density at radius 1 is 1.56 bits per heavy atom. The highest BCUT2D eigenvalue weighted by Crippen LogP contribution is 2.03. The van der Waals surface area contributed by atoms with Gasteiger partial charge in [-0.3, -0.25) is 0 Å². The largest absolute Gasteiger partial charge is 0.382 e. The molecular formula is C7H11O2. The van der Waals surface area contributed by atoms with Gasteiger partial charge in [0.2, 0.25) is 0 Å². The summed E-state index contributed by atoms with van der Waals surface area (Å²) in [7, 11) is 0. The molecule has 0 aromatic heterocycles. The highest BCUT2D eigenvalue weighted by molar-refractivity contribution is 5.85. The summed E-state index contributed by atoms with van der Waals surface area (Å²) in [5, 5.41) is 10.1. The Labute approximate surface area is 55.2 Å². The van der Waals surface area contributed by atoms with Crippen molar-refractivity contribution in [2.45, 2.75) is 26.7 Å². The van der Waals surface area contributed by atoms with Crippen LogP contribution in [0.2, 0.25) is 0 Å². The Kier molecular flexibility index (Phi) is 3.76. The van der Waals surface area contributed by atoms with Crippen LogP contribution >= 0.6 is 0 Å². The quantitative estimate of drug-likeness (QED) is 0.531. The highest BCUT2D eigenvalue weighted by atomic mass is 16.4. The number of carbonyl (C=O) groups excluding carboxylic acids is 1. The van der Waals surface area contributed by atoms with Crippen LogP contribution in [-0.2, 0) is 9.90 Å². The fraction of sp³-hybridized carbons (Fsp3) is 0.571. The van der Waals surface area contributed by atoms with E-state index in [0.29, 0.717) is 12.0 Å². The van der Waals surface area contributed by atoms with Crippen LogP contribution in [0.15, 0.2) is 11.6 Å². The average molecular weight is 127 g/mol. The number of hydrogen-bond donors (Lipinski definition) is 0. The van der Waals surface area contributed by atoms with Gasteiger partial charge in [-0.25, -0.2) is 9.90 Å². The molecule has 0 fully saturated rings. The van der Waals surface area contributed by atoms with E-state index in [1.165, 1.54) is 0 Å². The van der Waals surface area contributed by atoms with Crippen molar-refractivity contribution in [1.82, 2.24) is 0 Å². The van der Waals surface area contributed by atoms with Gasteiger partial charge in [0.1, 0.15) is 0 Å². The molecule has 2 heteroatoms. The summed E-state index contributed by atoms with van der Waals surface area (Å²) >= 11 is 0. The maximum Gasteiger partial charge on any atom is 0.382 e. The van der Waals surface area contributed by atoms with Crippen molar-refractivity contribution in [2.24, 2.45) is 0 Å². The molecule has 0 aliphatic carbocycles. The van der Waals surface area contributed by atoms with E-state index in [4.69, 9.17) is 0 Å². The molecule has 0 heterocycles. The molecule has 0 amide bonds. The molecule has 0 aromatic carbocycles. The Balaban J connectivity index is 3.85. The van der Waals surface area contributed by atoms with Crippen molar-refractivity contribution in [2.75, 3.05) is 0 Å². The molecule has 0 N–H and O–H groups in total. The lowest BCUT2D eigenvalue weighted by molar-refractivity contribution is -0.138. The van der Waals surface area contributed by atoms with E-state index in [1.807, 2.05) is 6.92 Å². The second-order valence-electron chi connectivity index (χ2n) is 1.85. The van der Waals surface area contributed by atoms with Gasteiger partial charge in [0.15, 0.2) is 0 Å². The number of carbonyl (C=O) groups is 1. The molecule has 9 heavy (non-hydrogen) atoms. The molecule has 0 bridgehead atoms. The minimum atomic E-state index is -1.04. The van der Waals surface area contributed by atoms with E-state index in [1.54, 1.807) is 13.0 Å². The summed E-state index contributed by atoms with van der Waals surface area (Å²) in [6, 6.07) is 0. The monoisotopic (exact) mass is 127 g/mol. The van der Waals surface area contributed by atoms with E-state index in [9.17, 15) is 9.90 Å². The molecule has 1 radical (unpaired) electrons. The second-order valence-corrected chi connectivity index (χ2v) is 1.85. The van der Waals surface area contributed by atoms with Crippen molar-refractivity contribution >= 4 is 5.97 Å². The summed E-state index contributed by atoms with van der Waals surface area (Å²) in [6.07, 6.45) is 3.05. The normalized spacial score (nSPS) is 11.6. The summed E-state index contributed by atoms with van der Waals surface area (Å²) in [6.45, 7) is 3.65. The molecule has 0 rings (SSSR count). The van der Waals surface area contributed by atoms with Crippen LogP contribution in [0, 0.1) is 0 Å². The van der Waals surface area contributed by atoms with Crippen LogP contribution < -0.4 is 0 Å². The zero-order valence-corrected chi connectivity index (χ0v) is 5.81. The SMILES string of the molecule is CC=C(CCC)C([O])=O. The topological polar surface area (TPSA) is 37.0 Å². The highest BCUT2D eigenvalue weighted by Gasteiger charge is 2.04. The van der Waals surface area contributed by atoms with Gasteiger partial charge in [-0.1, -0.05) is 19.4 Å². The van der Waals surface area contributed by atoms with Gasteiger partial charge in [-0.2, -0.15) is 0 Å². The van der Waals surface area contributed by atoms with Crippen LogP contribution in [0.3, 0.4) is 0 Å². The zero-order chi connectivity index (χ0) is 7.28. The van der Waals surface area contributed by atoms with Gasteiger partial charge in [0.25, 0.3) is 0 Å². The molecule has 0 saturated heterocycles. The van der Waals surface area contributed by atoms with Crippen molar-refractivity contribution in [1.29, 1.82) is 0 Å². The summed E-state index contributed by atoms with van der Waals surface area (Å²) in [5.41, 5.74) is 0.400. The maximum atomic E-state index is 10.1. The zero-order valence-electron chi connectivity index (χ0n) is 5.81. The van der Waals surface area contributed by atoms with E-state index < -0.39 is 5.97 Å². The van der Waals surface area contributed by atoms with Gasteiger partial charge in [-0.15, -0.1) is 0 Å². The first-order valence-corrected chi connectivity index (χ1v) is 3.08. The lowest BCUT2D eigenvalue weighted by Crippen LogP contribution is -1.96. The van der Waals surface area contributed by atoms with Crippen LogP contribution in [-0.4, -0.2) is 5.97 Å². The molecular weight excluding hydrogens is 116 g/mol. The maximum absolute atomic E-state index is 10.1. The van der Waals surface area contributed by atoms with Gasteiger partial charge in [-0.05, 0) is 13.3 Å². The van der Waals surface area contributed by atoms with Gasteiger partial charge in [0, 0.05) is 5.57 Å². The summed E-state index contributed by atoms with van der Waals surface area (Å²) < 4.78 is 0. The van der Waals surface area contributed by atoms with Crippen molar-refractivity contribution in [3.8, 4) is 0 Å². The molecule has 0 aliphatic rings. The number of hydrogen-bond acceptors (Lipinski definition) is 1. The smallest absolute Gasteiger partial charge is 0.242 e. The van der Waals surface area contributed by atoms with Crippen molar-refractivity contribution < 1.29 is 9.90 Å². The molecule has 51 valence electrons. The lowest BCUT2D eigenvalue weighted by atomic mass is 10.1. The van der Waals surface area contributed by atoms with Gasteiger partial charge >= 0.3 is 5.97 Å². The molecule has 0 aliphatic heterocycles. The minimum Gasteiger partial charge on any atom is -0.242 e. The third-order valence-corrected chi connectivity index (χ3v) is 1.13. The Bertz CT molecular complexity index is 125. The standard InChI is InChI=1S/C7H11O2/c1-3-5-6(4-2)7(8)9/h4H,3,5H2,1-2H3. The summed E-state index contributed by atoms with van der Waals surface area (Å²) in [4.78, 5) is 10.1. The van der Waals surface area contributed by atoms with Crippen molar-refractivity contribution in [3.63, 3.8) is 0 Å². The third-order valence-electron chi connectivity index (χ3n) is 1.13. The van der Waals surface area contributed by atoms with E-state index in [-0.39, 0.29) is 0 Å². The van der Waals surface area contributed by atoms with E-state index in [2.05, 4.69) is 0 Å². The first kappa shape index (κ1) is 8.21. The molecule has 0 saturated carbocycles. The van der Waals surface area contributed by atoms with Crippen LogP contribution in [0.4, 0.5) is 0 Å². The number of rotatable bonds is 3. The first-order chi connectivity index (χ1) is 4.22. The summed E-state index contributed by atoms with van der Waals surface area (Å²) in [5.74, 6) is -1.04. The second kappa shape index (κ2) is 4.13. The predicted octanol–water partition coefficient (Wildman–Crippen LogP) is 1.69. The number of allylic oxidation sites excluding steroid dienone is 1. The van der Waals surface area contributed by atoms with Crippen LogP contribution in [0.1, 0.15) is 26.7 Å². The van der Waals surface area contributed by atoms with E-state index >= 15 is 0 Å². The molecule has 0 atom stereocenters. The fourth-order valence-electron chi connectivity index (χ4n) is 0.634. The average Bonchev–Trinajstić information content (AvgIpc) is 1.82. The lowest BCUT2D eigenvalue weighted by Gasteiger charge is -1.92. The molecule has 0 aromatic rings. The Morgan fingerprint density at radius 2 is 2.11 bits per heavy atom. The van der Waals surface area contributed by atoms with Crippen LogP contribution in [0.25, 0.3) is 0 Å². The molecule has 2 nitrogen and oxygen atoms in total. The third kappa shape index (κ3) is 2.90. The Hall–Kier alpha value is -0.790. The fourth-order valence-corrected chi connectivity index (χ4v) is 0.634. The minimum absolute atomic E-state index is 0.400. The first-order valence-electron chi connectivity index (χ1n) is 3.08. The molecule has 0 unspecified atom stereocenters. The predicted molar refractivity (Wildman–Crippen MR) is 34.4 cm³/mol. The van der Waals surface area contributed by atoms with E-state index in [0.717, 1.165) is 6.42 Å². The Morgan fingerprint density at radius 3 is 2.22 bits per heavy atom. The van der Waals surface area contributed by atoms with Crippen LogP contribution in [0.5, 0.6) is 0 Å². The van der Waals surface area contributed by atoms with Gasteiger partial charge < -0.3 is 0 Å².